The van der Waals surface area contributed by atoms with Crippen LogP contribution < -0.4 is 10.1 Å². The molecule has 9 nitrogen and oxygen atoms in total. The number of hydrogen-bond acceptors (Lipinski definition) is 6. The molecular formula is C17H19N3O6. The zero-order valence-corrected chi connectivity index (χ0v) is 14.6. The van der Waals surface area contributed by atoms with E-state index in [0.29, 0.717) is 11.4 Å². The molecule has 4 amide bonds. The van der Waals surface area contributed by atoms with Gasteiger partial charge in [0.15, 0.2) is 0 Å². The smallest absolute Gasteiger partial charge is 0.337 e. The van der Waals surface area contributed by atoms with Crippen molar-refractivity contribution >= 4 is 29.5 Å². The predicted octanol–water partition coefficient (Wildman–Crippen LogP) is 0.560. The number of amides is 4. The van der Waals surface area contributed by atoms with Gasteiger partial charge in [-0.1, -0.05) is 0 Å². The number of anilines is 1. The van der Waals surface area contributed by atoms with E-state index >= 15 is 0 Å². The van der Waals surface area contributed by atoms with Gasteiger partial charge < -0.3 is 19.7 Å². The summed E-state index contributed by atoms with van der Waals surface area (Å²) >= 11 is 0. The van der Waals surface area contributed by atoms with Crippen LogP contribution in [0.1, 0.15) is 10.4 Å². The molecule has 2 aliphatic rings. The summed E-state index contributed by atoms with van der Waals surface area (Å²) in [4.78, 5) is 50.9. The average molecular weight is 361 g/mol. The van der Waals surface area contributed by atoms with Crippen LogP contribution in [0.5, 0.6) is 5.75 Å². The van der Waals surface area contributed by atoms with Crippen molar-refractivity contribution in [2.75, 3.05) is 39.7 Å². The summed E-state index contributed by atoms with van der Waals surface area (Å²) in [6, 6.07) is 4.04. The molecule has 26 heavy (non-hydrogen) atoms. The summed E-state index contributed by atoms with van der Waals surface area (Å²) in [6.45, 7) is 0.342. The Bertz CT molecular complexity index is 769. The van der Waals surface area contributed by atoms with Crippen LogP contribution in [-0.4, -0.2) is 68.0 Å². The lowest BCUT2D eigenvalue weighted by atomic mass is 10.00. The second-order valence-corrected chi connectivity index (χ2v) is 6.19. The van der Waals surface area contributed by atoms with E-state index in [1.807, 2.05) is 0 Å². The van der Waals surface area contributed by atoms with E-state index in [2.05, 4.69) is 10.1 Å². The number of nitrogens with one attached hydrogen (secondary N) is 1. The van der Waals surface area contributed by atoms with Gasteiger partial charge in [0.2, 0.25) is 11.8 Å². The van der Waals surface area contributed by atoms with Crippen molar-refractivity contribution in [2.24, 2.45) is 11.8 Å². The molecule has 1 aromatic rings. The van der Waals surface area contributed by atoms with Gasteiger partial charge in [0.05, 0.1) is 37.3 Å². The first-order valence-electron chi connectivity index (χ1n) is 8.01. The van der Waals surface area contributed by atoms with Crippen LogP contribution in [0, 0.1) is 11.8 Å². The molecule has 1 N–H and O–H groups in total. The minimum Gasteiger partial charge on any atom is -0.495 e. The highest BCUT2D eigenvalue weighted by atomic mass is 16.5. The topological polar surface area (TPSA) is 105 Å². The minimum atomic E-state index is -0.543. The van der Waals surface area contributed by atoms with Gasteiger partial charge >= 0.3 is 12.0 Å². The fourth-order valence-electron chi connectivity index (χ4n) is 3.32. The first-order chi connectivity index (χ1) is 12.4. The van der Waals surface area contributed by atoms with Crippen LogP contribution in [0.4, 0.5) is 10.5 Å². The summed E-state index contributed by atoms with van der Waals surface area (Å²) < 4.78 is 9.87. The van der Waals surface area contributed by atoms with Crippen LogP contribution in [0.25, 0.3) is 0 Å². The lowest BCUT2D eigenvalue weighted by Gasteiger charge is -2.20. The Labute approximate surface area is 149 Å². The number of urea groups is 1. The number of rotatable bonds is 3. The highest BCUT2D eigenvalue weighted by Crippen LogP contribution is 2.33. The van der Waals surface area contributed by atoms with Crippen LogP contribution in [0.15, 0.2) is 18.2 Å². The van der Waals surface area contributed by atoms with Crippen molar-refractivity contribution in [1.29, 1.82) is 0 Å². The van der Waals surface area contributed by atoms with Crippen molar-refractivity contribution < 1.29 is 28.7 Å². The largest absolute Gasteiger partial charge is 0.495 e. The quantitative estimate of drug-likeness (QED) is 0.623. The number of methoxy groups -OCH3 is 2. The van der Waals surface area contributed by atoms with Crippen molar-refractivity contribution in [1.82, 2.24) is 9.80 Å². The molecule has 9 heteroatoms. The number of ether oxygens (including phenoxy) is 2. The molecule has 0 spiro atoms. The number of fused-ring (bicyclic) bond motifs is 1. The Morgan fingerprint density at radius 3 is 2.27 bits per heavy atom. The number of esters is 1. The zero-order valence-electron chi connectivity index (χ0n) is 14.6. The fraction of sp³-hybridized carbons (Fsp3) is 0.412. The number of imide groups is 1. The molecule has 138 valence electrons. The average Bonchev–Trinajstić information content (AvgIpc) is 3.17. The number of nitrogens with zero attached hydrogens (tertiary/aromatic N) is 2. The van der Waals surface area contributed by atoms with E-state index in [9.17, 15) is 19.2 Å². The molecule has 0 saturated carbocycles. The van der Waals surface area contributed by atoms with Gasteiger partial charge in [0.25, 0.3) is 0 Å². The summed E-state index contributed by atoms with van der Waals surface area (Å²) in [6.07, 6.45) is 0. The Morgan fingerprint density at radius 2 is 1.73 bits per heavy atom. The van der Waals surface area contributed by atoms with Gasteiger partial charge in [-0.25, -0.2) is 9.59 Å². The highest BCUT2D eigenvalue weighted by molar-refractivity contribution is 6.06. The second-order valence-electron chi connectivity index (χ2n) is 6.19. The van der Waals surface area contributed by atoms with Gasteiger partial charge in [-0.15, -0.1) is 0 Å². The SMILES string of the molecule is COC(=O)c1ccc(OC)c(NC(=O)N2C[C@@H]3C(=O)N(C)C(=O)[C@@H]3C2)c1. The second kappa shape index (κ2) is 6.66. The molecule has 2 aliphatic heterocycles. The summed E-state index contributed by atoms with van der Waals surface area (Å²) in [5, 5.41) is 2.67. The number of carbonyl (C=O) groups is 4. The Morgan fingerprint density at radius 1 is 1.12 bits per heavy atom. The molecule has 2 heterocycles. The van der Waals surface area contributed by atoms with E-state index in [0.717, 1.165) is 4.90 Å². The van der Waals surface area contributed by atoms with Crippen molar-refractivity contribution in [2.45, 2.75) is 0 Å². The number of hydrogen-bond donors (Lipinski definition) is 1. The highest BCUT2D eigenvalue weighted by Gasteiger charge is 2.52. The first-order valence-corrected chi connectivity index (χ1v) is 8.01. The Balaban J connectivity index is 1.76. The summed E-state index contributed by atoms with van der Waals surface area (Å²) in [7, 11) is 4.16. The van der Waals surface area contributed by atoms with Crippen LogP contribution in [0.2, 0.25) is 0 Å². The Kier molecular flexibility index (Phi) is 4.54. The molecule has 3 rings (SSSR count). The molecule has 2 saturated heterocycles. The Hall–Kier alpha value is -3.10. The molecule has 1 aromatic carbocycles. The summed E-state index contributed by atoms with van der Waals surface area (Å²) in [5.74, 6) is -1.69. The lowest BCUT2D eigenvalue weighted by molar-refractivity contribution is -0.138. The van der Waals surface area contributed by atoms with E-state index in [1.165, 1.54) is 38.3 Å². The lowest BCUT2D eigenvalue weighted by Crippen LogP contribution is -2.38. The maximum atomic E-state index is 12.6. The maximum absolute atomic E-state index is 12.6. The van der Waals surface area contributed by atoms with E-state index in [-0.39, 0.29) is 30.5 Å². The molecule has 0 bridgehead atoms. The molecule has 0 aliphatic carbocycles. The maximum Gasteiger partial charge on any atom is 0.337 e. The van der Waals surface area contributed by atoms with Crippen molar-refractivity contribution in [3.05, 3.63) is 23.8 Å². The van der Waals surface area contributed by atoms with Gasteiger partial charge in [-0.2, -0.15) is 0 Å². The molecule has 0 aromatic heterocycles. The van der Waals surface area contributed by atoms with Gasteiger partial charge in [0, 0.05) is 20.1 Å². The van der Waals surface area contributed by atoms with E-state index < -0.39 is 23.8 Å². The van der Waals surface area contributed by atoms with Crippen LogP contribution >= 0.6 is 0 Å². The number of likely N-dealkylation sites (tertiary alicyclic amines) is 2. The third-order valence-corrected chi connectivity index (χ3v) is 4.76. The van der Waals surface area contributed by atoms with Crippen molar-refractivity contribution in [3.8, 4) is 5.75 Å². The summed E-state index contributed by atoms with van der Waals surface area (Å²) in [5.41, 5.74) is 0.557. The normalized spacial score (nSPS) is 21.7. The zero-order chi connectivity index (χ0) is 19.0. The monoisotopic (exact) mass is 361 g/mol. The van der Waals surface area contributed by atoms with Crippen molar-refractivity contribution in [3.63, 3.8) is 0 Å². The third kappa shape index (κ3) is 2.85. The number of carbonyl (C=O) groups excluding carboxylic acids is 4. The van der Waals surface area contributed by atoms with Gasteiger partial charge in [-0.3, -0.25) is 14.5 Å². The molecule has 0 radical (unpaired) electrons. The fourth-order valence-corrected chi connectivity index (χ4v) is 3.32. The molecule has 2 atom stereocenters. The first kappa shape index (κ1) is 17.7. The predicted molar refractivity (Wildman–Crippen MR) is 89.7 cm³/mol. The number of benzene rings is 1. The van der Waals surface area contributed by atoms with E-state index in [1.54, 1.807) is 6.07 Å². The standard InChI is InChI=1S/C17H19N3O6/c1-19-14(21)10-7-20(8-11(10)15(19)22)17(24)18-12-6-9(16(23)26-3)4-5-13(12)25-2/h4-6,10-11H,7-8H2,1-3H3,(H,18,24)/t10-,11+. The molecular weight excluding hydrogens is 342 g/mol. The molecule has 2 fully saturated rings. The van der Waals surface area contributed by atoms with Gasteiger partial charge in [-0.05, 0) is 18.2 Å². The minimum absolute atomic E-state index is 0.171. The van der Waals surface area contributed by atoms with Crippen LogP contribution in [-0.2, 0) is 14.3 Å². The van der Waals surface area contributed by atoms with Crippen LogP contribution in [0.3, 0.4) is 0 Å². The van der Waals surface area contributed by atoms with Gasteiger partial charge in [0.1, 0.15) is 5.75 Å². The third-order valence-electron chi connectivity index (χ3n) is 4.76. The molecule has 0 unspecified atom stereocenters. The van der Waals surface area contributed by atoms with E-state index in [4.69, 9.17) is 4.74 Å².